The van der Waals surface area contributed by atoms with Gasteiger partial charge in [-0.3, -0.25) is 4.79 Å². The number of carbonyl (C=O) groups is 1. The zero-order valence-electron chi connectivity index (χ0n) is 9.18. The summed E-state index contributed by atoms with van der Waals surface area (Å²) in [5.74, 6) is 0.340. The van der Waals surface area contributed by atoms with Gasteiger partial charge >= 0.3 is 0 Å². The Kier molecular flexibility index (Phi) is 4.99. The molecule has 78 valence electrons. The minimum Gasteiger partial charge on any atom is -0.370 e. The third-order valence-electron chi connectivity index (χ3n) is 2.03. The number of hydrogen-bond donors (Lipinski definition) is 2. The van der Waals surface area contributed by atoms with Crippen molar-refractivity contribution in [2.24, 2.45) is 11.7 Å². The second kappa shape index (κ2) is 5.22. The molecule has 1 amide bonds. The van der Waals surface area contributed by atoms with Crippen molar-refractivity contribution in [3.8, 4) is 0 Å². The molecule has 0 aliphatic rings. The van der Waals surface area contributed by atoms with E-state index in [0.717, 1.165) is 13.0 Å². The van der Waals surface area contributed by atoms with Crippen LogP contribution in [0, 0.1) is 5.92 Å². The molecule has 0 aromatic carbocycles. The van der Waals surface area contributed by atoms with Crippen molar-refractivity contribution in [3.63, 3.8) is 0 Å². The van der Waals surface area contributed by atoms with Gasteiger partial charge in [0.1, 0.15) is 0 Å². The van der Waals surface area contributed by atoms with Crippen LogP contribution >= 0.6 is 0 Å². The molecule has 0 rings (SSSR count). The highest BCUT2D eigenvalue weighted by Gasteiger charge is 2.26. The highest BCUT2D eigenvalue weighted by Crippen LogP contribution is 2.19. The van der Waals surface area contributed by atoms with Crippen molar-refractivity contribution in [1.29, 1.82) is 0 Å². The predicted octanol–water partition coefficient (Wildman–Crippen LogP) is 1.28. The first-order chi connectivity index (χ1) is 5.89. The molecule has 3 N–H and O–H groups in total. The van der Waals surface area contributed by atoms with Gasteiger partial charge < -0.3 is 11.1 Å². The van der Waals surface area contributed by atoms with E-state index in [4.69, 9.17) is 5.73 Å². The number of nitrogens with two attached hydrogens (primary N) is 1. The Morgan fingerprint density at radius 3 is 2.38 bits per heavy atom. The summed E-state index contributed by atoms with van der Waals surface area (Å²) in [6, 6.07) is 0. The lowest BCUT2D eigenvalue weighted by atomic mass is 9.87. The number of primary amides is 1. The van der Waals surface area contributed by atoms with Crippen LogP contribution in [0.3, 0.4) is 0 Å². The number of amides is 1. The number of nitrogens with one attached hydrogen (secondary N) is 1. The molecule has 0 aliphatic carbocycles. The number of carbonyl (C=O) groups excluding carboxylic acids is 1. The van der Waals surface area contributed by atoms with Gasteiger partial charge in [0.15, 0.2) is 0 Å². The van der Waals surface area contributed by atoms with Crippen molar-refractivity contribution in [2.45, 2.75) is 46.1 Å². The summed E-state index contributed by atoms with van der Waals surface area (Å²) in [6.45, 7) is 9.27. The largest absolute Gasteiger partial charge is 0.370 e. The van der Waals surface area contributed by atoms with Crippen molar-refractivity contribution in [1.82, 2.24) is 5.32 Å². The number of hydrogen-bond acceptors (Lipinski definition) is 2. The lowest BCUT2D eigenvalue weighted by molar-refractivity contribution is -0.119. The maximum absolute atomic E-state index is 10.9. The molecule has 0 aromatic rings. The van der Waals surface area contributed by atoms with Gasteiger partial charge in [0.25, 0.3) is 0 Å². The molecule has 3 nitrogen and oxygen atoms in total. The van der Waals surface area contributed by atoms with Gasteiger partial charge in [-0.05, 0) is 25.8 Å². The van der Waals surface area contributed by atoms with Gasteiger partial charge in [0.05, 0.1) is 0 Å². The van der Waals surface area contributed by atoms with Crippen LogP contribution in [-0.2, 0) is 4.79 Å². The Morgan fingerprint density at radius 1 is 1.54 bits per heavy atom. The van der Waals surface area contributed by atoms with Gasteiger partial charge in [-0.2, -0.15) is 0 Å². The Labute approximate surface area is 81.1 Å². The predicted molar refractivity (Wildman–Crippen MR) is 55.3 cm³/mol. The first-order valence-corrected chi connectivity index (χ1v) is 4.93. The molecule has 0 aromatic heterocycles. The van der Waals surface area contributed by atoms with Crippen molar-refractivity contribution in [2.75, 3.05) is 6.54 Å². The Hall–Kier alpha value is -0.570. The second-order valence-corrected chi connectivity index (χ2v) is 4.33. The van der Waals surface area contributed by atoms with Crippen LogP contribution in [0.5, 0.6) is 0 Å². The van der Waals surface area contributed by atoms with Crippen LogP contribution in [-0.4, -0.2) is 18.0 Å². The molecule has 1 atom stereocenters. The first-order valence-electron chi connectivity index (χ1n) is 4.93. The van der Waals surface area contributed by atoms with Gasteiger partial charge in [0, 0.05) is 12.0 Å². The molecule has 0 bridgehead atoms. The molecule has 0 saturated heterocycles. The Bertz CT molecular complexity index is 168. The molecule has 0 spiro atoms. The van der Waals surface area contributed by atoms with Gasteiger partial charge in [-0.25, -0.2) is 0 Å². The topological polar surface area (TPSA) is 55.1 Å². The SMILES string of the molecule is CCNC(C)(CC(N)=O)CC(C)C. The minimum absolute atomic E-state index is 0.130. The second-order valence-electron chi connectivity index (χ2n) is 4.33. The van der Waals surface area contributed by atoms with E-state index in [1.165, 1.54) is 0 Å². The molecule has 0 saturated carbocycles. The molecule has 0 radical (unpaired) electrons. The highest BCUT2D eigenvalue weighted by atomic mass is 16.1. The van der Waals surface area contributed by atoms with E-state index in [0.29, 0.717) is 12.3 Å². The van der Waals surface area contributed by atoms with Crippen LogP contribution in [0.1, 0.15) is 40.5 Å². The van der Waals surface area contributed by atoms with E-state index >= 15 is 0 Å². The Morgan fingerprint density at radius 2 is 2.08 bits per heavy atom. The van der Waals surface area contributed by atoms with Gasteiger partial charge in [-0.1, -0.05) is 20.8 Å². The molecular weight excluding hydrogens is 164 g/mol. The van der Waals surface area contributed by atoms with E-state index in [1.807, 2.05) is 6.92 Å². The van der Waals surface area contributed by atoms with Crippen molar-refractivity contribution < 1.29 is 4.79 Å². The number of rotatable bonds is 6. The molecule has 13 heavy (non-hydrogen) atoms. The van der Waals surface area contributed by atoms with Crippen molar-refractivity contribution in [3.05, 3.63) is 0 Å². The van der Waals surface area contributed by atoms with Crippen LogP contribution in [0.2, 0.25) is 0 Å². The maximum atomic E-state index is 10.9. The fourth-order valence-corrected chi connectivity index (χ4v) is 1.92. The summed E-state index contributed by atoms with van der Waals surface area (Å²) in [7, 11) is 0. The average Bonchev–Trinajstić information content (AvgIpc) is 1.81. The highest BCUT2D eigenvalue weighted by molar-refractivity contribution is 5.75. The summed E-state index contributed by atoms with van der Waals surface area (Å²) in [5.41, 5.74) is 5.08. The van der Waals surface area contributed by atoms with Crippen LogP contribution < -0.4 is 11.1 Å². The lowest BCUT2D eigenvalue weighted by Gasteiger charge is -2.31. The fraction of sp³-hybridized carbons (Fsp3) is 0.900. The quantitative estimate of drug-likeness (QED) is 0.656. The zero-order valence-corrected chi connectivity index (χ0v) is 9.18. The molecule has 3 heteroatoms. The average molecular weight is 186 g/mol. The Balaban J connectivity index is 4.23. The van der Waals surface area contributed by atoms with E-state index in [9.17, 15) is 4.79 Å². The zero-order chi connectivity index (χ0) is 10.5. The summed E-state index contributed by atoms with van der Waals surface area (Å²) in [4.78, 5) is 10.9. The summed E-state index contributed by atoms with van der Waals surface area (Å²) in [6.07, 6.45) is 1.39. The smallest absolute Gasteiger partial charge is 0.219 e. The third kappa shape index (κ3) is 5.64. The van der Waals surface area contributed by atoms with Gasteiger partial charge in [-0.15, -0.1) is 0 Å². The monoisotopic (exact) mass is 186 g/mol. The van der Waals surface area contributed by atoms with Crippen molar-refractivity contribution >= 4 is 5.91 Å². The summed E-state index contributed by atoms with van der Waals surface area (Å²) in [5, 5.41) is 3.32. The summed E-state index contributed by atoms with van der Waals surface area (Å²) < 4.78 is 0. The normalized spacial score (nSPS) is 15.8. The molecular formula is C10H22N2O. The van der Waals surface area contributed by atoms with Crippen LogP contribution in [0.15, 0.2) is 0 Å². The first kappa shape index (κ1) is 12.4. The standard InChI is InChI=1S/C10H22N2O/c1-5-12-10(4,6-8(2)3)7-9(11)13/h8,12H,5-7H2,1-4H3,(H2,11,13). The molecule has 1 unspecified atom stereocenters. The van der Waals surface area contributed by atoms with E-state index in [-0.39, 0.29) is 11.4 Å². The van der Waals surface area contributed by atoms with Gasteiger partial charge in [0.2, 0.25) is 5.91 Å². The van der Waals surface area contributed by atoms with E-state index in [1.54, 1.807) is 0 Å². The van der Waals surface area contributed by atoms with Crippen LogP contribution in [0.25, 0.3) is 0 Å². The fourth-order valence-electron chi connectivity index (χ4n) is 1.92. The minimum atomic E-state index is -0.232. The van der Waals surface area contributed by atoms with E-state index < -0.39 is 0 Å². The lowest BCUT2D eigenvalue weighted by Crippen LogP contribution is -2.46. The van der Waals surface area contributed by atoms with E-state index in [2.05, 4.69) is 26.1 Å². The maximum Gasteiger partial charge on any atom is 0.219 e. The third-order valence-corrected chi connectivity index (χ3v) is 2.03. The molecule has 0 heterocycles. The van der Waals surface area contributed by atoms with Crippen LogP contribution in [0.4, 0.5) is 0 Å². The molecule has 0 aliphatic heterocycles. The summed E-state index contributed by atoms with van der Waals surface area (Å²) >= 11 is 0. The molecule has 0 fully saturated rings.